The summed E-state index contributed by atoms with van der Waals surface area (Å²) in [6.45, 7) is 8.90. The molecule has 0 fully saturated rings. The molecule has 7 nitrogen and oxygen atoms in total. The first kappa shape index (κ1) is 30.2. The fraction of sp³-hybridized carbons (Fsp3) is 0.393. The molecule has 0 radical (unpaired) electrons. The minimum Gasteiger partial charge on any atom is -0.480 e. The van der Waals surface area contributed by atoms with Crippen molar-refractivity contribution < 1.29 is 32.3 Å². The summed E-state index contributed by atoms with van der Waals surface area (Å²) in [5, 5.41) is 11.8. The molecule has 210 valence electrons. The van der Waals surface area contributed by atoms with Crippen LogP contribution < -0.4 is 5.32 Å². The first-order valence-electron chi connectivity index (χ1n) is 12.3. The van der Waals surface area contributed by atoms with Crippen molar-refractivity contribution >= 4 is 29.3 Å². The van der Waals surface area contributed by atoms with E-state index in [4.69, 9.17) is 4.42 Å². The van der Waals surface area contributed by atoms with Gasteiger partial charge in [-0.1, -0.05) is 32.0 Å². The molecular weight excluding hydrogens is 531 g/mol. The number of aliphatic carboxylic acids is 1. The maximum atomic E-state index is 13.8. The van der Waals surface area contributed by atoms with Crippen LogP contribution in [0.1, 0.15) is 61.8 Å². The van der Waals surface area contributed by atoms with E-state index in [-0.39, 0.29) is 24.7 Å². The molecule has 1 amide bonds. The van der Waals surface area contributed by atoms with Crippen LogP contribution in [-0.4, -0.2) is 38.2 Å². The van der Waals surface area contributed by atoms with E-state index in [1.807, 2.05) is 12.1 Å². The van der Waals surface area contributed by atoms with Crippen LogP contribution in [-0.2, 0) is 28.9 Å². The van der Waals surface area contributed by atoms with Crippen LogP contribution in [0.25, 0.3) is 0 Å². The molecular formula is C28H32F3N3O4S. The van der Waals surface area contributed by atoms with Gasteiger partial charge in [0.1, 0.15) is 10.5 Å². The number of carbonyl (C=O) groups is 2. The zero-order valence-electron chi connectivity index (χ0n) is 22.4. The van der Waals surface area contributed by atoms with E-state index >= 15 is 0 Å². The number of hydrogen-bond acceptors (Lipinski definition) is 6. The second kappa shape index (κ2) is 12.3. The van der Waals surface area contributed by atoms with E-state index in [1.54, 1.807) is 57.7 Å². The van der Waals surface area contributed by atoms with Crippen molar-refractivity contribution in [3.05, 3.63) is 77.0 Å². The molecule has 1 aromatic heterocycles. The molecule has 2 aromatic carbocycles. The van der Waals surface area contributed by atoms with Crippen LogP contribution in [0.4, 0.5) is 18.9 Å². The Labute approximate surface area is 229 Å². The lowest BCUT2D eigenvalue weighted by molar-refractivity contribution is -0.139. The largest absolute Gasteiger partial charge is 0.480 e. The van der Waals surface area contributed by atoms with Crippen molar-refractivity contribution in [1.82, 2.24) is 9.88 Å². The summed E-state index contributed by atoms with van der Waals surface area (Å²) in [5.41, 5.74) is 0.810. The molecule has 0 atom stereocenters. The lowest BCUT2D eigenvalue weighted by Crippen LogP contribution is -2.33. The Bertz CT molecular complexity index is 1300. The number of amides is 1. The Kier molecular flexibility index (Phi) is 9.50. The third-order valence-corrected chi connectivity index (χ3v) is 7.28. The topological polar surface area (TPSA) is 95.7 Å². The van der Waals surface area contributed by atoms with E-state index in [0.717, 1.165) is 16.5 Å². The number of aromatic nitrogens is 1. The monoisotopic (exact) mass is 563 g/mol. The van der Waals surface area contributed by atoms with Crippen molar-refractivity contribution in [3.8, 4) is 0 Å². The number of oxazole rings is 1. The SMILES string of the molecule is Cc1ncoc1CN(CC(=O)Nc1ccc(C(C)C)cc1C(F)(F)F)Cc1ccc(SC(C)(C)C(=O)O)cc1. The Hall–Kier alpha value is -3.31. The number of rotatable bonds is 11. The number of nitrogens with one attached hydrogen (secondary N) is 1. The maximum Gasteiger partial charge on any atom is 0.418 e. The normalized spacial score (nSPS) is 12.3. The number of thioether (sulfide) groups is 1. The van der Waals surface area contributed by atoms with Gasteiger partial charge in [-0.3, -0.25) is 14.5 Å². The Morgan fingerprint density at radius 1 is 1.10 bits per heavy atom. The Morgan fingerprint density at radius 3 is 2.31 bits per heavy atom. The number of nitrogens with zero attached hydrogens (tertiary/aromatic N) is 2. The second-order valence-corrected chi connectivity index (χ2v) is 11.8. The van der Waals surface area contributed by atoms with Crippen LogP contribution in [0.2, 0.25) is 0 Å². The van der Waals surface area contributed by atoms with E-state index < -0.39 is 28.4 Å². The molecule has 0 unspecified atom stereocenters. The minimum atomic E-state index is -4.63. The molecule has 0 bridgehead atoms. The highest BCUT2D eigenvalue weighted by molar-refractivity contribution is 8.01. The number of hydrogen-bond donors (Lipinski definition) is 2. The highest BCUT2D eigenvalue weighted by atomic mass is 32.2. The highest BCUT2D eigenvalue weighted by Crippen LogP contribution is 2.37. The van der Waals surface area contributed by atoms with Crippen molar-refractivity contribution in [1.29, 1.82) is 0 Å². The average molecular weight is 564 g/mol. The standard InChI is InChI=1S/C28H32F3N3O4S/c1-17(2)20-8-11-23(22(12-20)28(29,30)31)33-25(35)15-34(14-24-18(3)32-16-38-24)13-19-6-9-21(10-7-19)39-27(4,5)26(36)37/h6-12,16-17H,13-15H2,1-5H3,(H,33,35)(H,36,37). The predicted molar refractivity (Wildman–Crippen MR) is 144 cm³/mol. The van der Waals surface area contributed by atoms with E-state index in [9.17, 15) is 27.9 Å². The van der Waals surface area contributed by atoms with Gasteiger partial charge in [-0.25, -0.2) is 4.98 Å². The summed E-state index contributed by atoms with van der Waals surface area (Å²) in [7, 11) is 0. The van der Waals surface area contributed by atoms with Crippen molar-refractivity contribution in [2.45, 2.75) is 69.4 Å². The summed E-state index contributed by atoms with van der Waals surface area (Å²) >= 11 is 1.21. The van der Waals surface area contributed by atoms with Gasteiger partial charge < -0.3 is 14.8 Å². The van der Waals surface area contributed by atoms with Gasteiger partial charge in [0.15, 0.2) is 6.39 Å². The molecule has 39 heavy (non-hydrogen) atoms. The fourth-order valence-electron chi connectivity index (χ4n) is 3.77. The molecule has 0 spiro atoms. The van der Waals surface area contributed by atoms with Gasteiger partial charge in [0, 0.05) is 11.4 Å². The Morgan fingerprint density at radius 2 is 1.77 bits per heavy atom. The number of benzene rings is 2. The van der Waals surface area contributed by atoms with Gasteiger partial charge in [0.05, 0.1) is 30.0 Å². The molecule has 0 aliphatic rings. The van der Waals surface area contributed by atoms with Crippen molar-refractivity contribution in [3.63, 3.8) is 0 Å². The van der Waals surface area contributed by atoms with Gasteiger partial charge in [-0.2, -0.15) is 13.2 Å². The third kappa shape index (κ3) is 8.34. The second-order valence-electron chi connectivity index (χ2n) is 10.1. The zero-order valence-corrected chi connectivity index (χ0v) is 23.2. The lowest BCUT2D eigenvalue weighted by atomic mass is 9.99. The summed E-state index contributed by atoms with van der Waals surface area (Å²) in [6, 6.07) is 11.2. The first-order valence-corrected chi connectivity index (χ1v) is 13.1. The maximum absolute atomic E-state index is 13.8. The number of aryl methyl sites for hydroxylation is 1. The number of carboxylic acid groups (broad SMARTS) is 1. The highest BCUT2D eigenvalue weighted by Gasteiger charge is 2.34. The molecule has 3 rings (SSSR count). The van der Waals surface area contributed by atoms with E-state index in [0.29, 0.717) is 23.6 Å². The summed E-state index contributed by atoms with van der Waals surface area (Å²) in [5.74, 6) is -1.10. The average Bonchev–Trinajstić information content (AvgIpc) is 3.23. The Balaban J connectivity index is 1.79. The van der Waals surface area contributed by atoms with Crippen LogP contribution in [0.5, 0.6) is 0 Å². The number of anilines is 1. The first-order chi connectivity index (χ1) is 18.2. The quantitative estimate of drug-likeness (QED) is 0.250. The third-order valence-electron chi connectivity index (χ3n) is 6.09. The molecule has 11 heteroatoms. The molecule has 3 aromatic rings. The predicted octanol–water partition coefficient (Wildman–Crippen LogP) is 6.72. The van der Waals surface area contributed by atoms with Gasteiger partial charge >= 0.3 is 12.1 Å². The molecule has 0 saturated heterocycles. The van der Waals surface area contributed by atoms with Gasteiger partial charge in [-0.05, 0) is 62.1 Å². The van der Waals surface area contributed by atoms with Crippen LogP contribution >= 0.6 is 11.8 Å². The molecule has 2 N–H and O–H groups in total. The van der Waals surface area contributed by atoms with Crippen LogP contribution in [0, 0.1) is 6.92 Å². The van der Waals surface area contributed by atoms with Gasteiger partial charge in [-0.15, -0.1) is 11.8 Å². The number of carbonyl (C=O) groups excluding carboxylic acids is 1. The zero-order chi connectivity index (χ0) is 29.0. The number of halogens is 3. The smallest absolute Gasteiger partial charge is 0.418 e. The summed E-state index contributed by atoms with van der Waals surface area (Å²) in [6.07, 6.45) is -3.33. The molecule has 1 heterocycles. The van der Waals surface area contributed by atoms with E-state index in [1.165, 1.54) is 24.2 Å². The lowest BCUT2D eigenvalue weighted by Gasteiger charge is -2.23. The molecule has 0 aliphatic heterocycles. The fourth-order valence-corrected chi connectivity index (χ4v) is 4.71. The van der Waals surface area contributed by atoms with Gasteiger partial charge in [0.25, 0.3) is 0 Å². The molecule has 0 saturated carbocycles. The van der Waals surface area contributed by atoms with Crippen LogP contribution in [0.3, 0.4) is 0 Å². The minimum absolute atomic E-state index is 0.100. The molecule has 0 aliphatic carbocycles. The summed E-state index contributed by atoms with van der Waals surface area (Å²) < 4.78 is 45.7. The number of carboxylic acids is 1. The van der Waals surface area contributed by atoms with Gasteiger partial charge in [0.2, 0.25) is 5.91 Å². The van der Waals surface area contributed by atoms with E-state index in [2.05, 4.69) is 10.3 Å². The number of alkyl halides is 3. The van der Waals surface area contributed by atoms with Crippen molar-refractivity contribution in [2.24, 2.45) is 0 Å². The van der Waals surface area contributed by atoms with Crippen LogP contribution in [0.15, 0.2) is 58.2 Å². The summed E-state index contributed by atoms with van der Waals surface area (Å²) in [4.78, 5) is 31.0. The van der Waals surface area contributed by atoms with Crippen molar-refractivity contribution in [2.75, 3.05) is 11.9 Å².